The quantitative estimate of drug-likeness (QED) is 0.636. The molecule has 0 radical (unpaired) electrons. The molecule has 1 amide bonds. The minimum absolute atomic E-state index is 0.129. The van der Waals surface area contributed by atoms with Crippen LogP contribution in [0.2, 0.25) is 0 Å². The summed E-state index contributed by atoms with van der Waals surface area (Å²) >= 11 is 0. The van der Waals surface area contributed by atoms with E-state index in [-0.39, 0.29) is 37.1 Å². The molecule has 0 saturated carbocycles. The van der Waals surface area contributed by atoms with Crippen LogP contribution in [0.4, 0.5) is 10.1 Å². The summed E-state index contributed by atoms with van der Waals surface area (Å²) in [7, 11) is -3.68. The number of nitrogens with zero attached hydrogens (tertiary/aromatic N) is 1. The molecule has 1 aliphatic heterocycles. The fourth-order valence-corrected chi connectivity index (χ4v) is 5.31. The molecule has 1 N–H and O–H groups in total. The Bertz CT molecular complexity index is 1100. The number of carbonyl (C=O) groups is 2. The lowest BCUT2D eigenvalue weighted by molar-refractivity contribution is -0.120. The van der Waals surface area contributed by atoms with Gasteiger partial charge in [0.1, 0.15) is 5.82 Å². The van der Waals surface area contributed by atoms with Gasteiger partial charge in [0.25, 0.3) is 0 Å². The van der Waals surface area contributed by atoms with E-state index in [1.807, 2.05) is 0 Å². The molecule has 172 valence electrons. The molecule has 9 heteroatoms. The van der Waals surface area contributed by atoms with Crippen molar-refractivity contribution >= 4 is 27.6 Å². The predicted octanol–water partition coefficient (Wildman–Crippen LogP) is 3.49. The summed E-state index contributed by atoms with van der Waals surface area (Å²) in [6.07, 6.45) is 0.720. The molecule has 0 bridgehead atoms. The van der Waals surface area contributed by atoms with Gasteiger partial charge in [0.2, 0.25) is 15.9 Å². The van der Waals surface area contributed by atoms with Crippen molar-refractivity contribution in [2.24, 2.45) is 5.92 Å². The second-order valence-corrected chi connectivity index (χ2v) is 9.68. The van der Waals surface area contributed by atoms with Gasteiger partial charge in [-0.25, -0.2) is 21.9 Å². The summed E-state index contributed by atoms with van der Waals surface area (Å²) in [6, 6.07) is 10.8. The number of amides is 1. The molecule has 1 saturated heterocycles. The summed E-state index contributed by atoms with van der Waals surface area (Å²) in [6.45, 7) is 4.10. The molecule has 2 aromatic carbocycles. The highest BCUT2D eigenvalue weighted by Crippen LogP contribution is 2.25. The van der Waals surface area contributed by atoms with Crippen molar-refractivity contribution in [3.63, 3.8) is 0 Å². The minimum Gasteiger partial charge on any atom is -0.462 e. The largest absolute Gasteiger partial charge is 0.462 e. The monoisotopic (exact) mass is 462 g/mol. The third kappa shape index (κ3) is 5.52. The summed E-state index contributed by atoms with van der Waals surface area (Å²) in [5.41, 5.74) is 1.65. The number of anilines is 1. The molecule has 0 unspecified atom stereocenters. The maximum Gasteiger partial charge on any atom is 0.338 e. The Labute approximate surface area is 187 Å². The first-order chi connectivity index (χ1) is 15.2. The summed E-state index contributed by atoms with van der Waals surface area (Å²) in [4.78, 5) is 24.8. The number of ether oxygens (including phenoxy) is 1. The van der Waals surface area contributed by atoms with Gasteiger partial charge >= 0.3 is 5.97 Å². The van der Waals surface area contributed by atoms with Gasteiger partial charge in [0.15, 0.2) is 0 Å². The van der Waals surface area contributed by atoms with Crippen LogP contribution in [-0.2, 0) is 25.3 Å². The van der Waals surface area contributed by atoms with E-state index in [1.165, 1.54) is 22.5 Å². The zero-order valence-corrected chi connectivity index (χ0v) is 19.0. The van der Waals surface area contributed by atoms with Crippen LogP contribution in [0.3, 0.4) is 0 Å². The number of benzene rings is 2. The second kappa shape index (κ2) is 10.2. The molecule has 3 rings (SSSR count). The molecule has 1 aliphatic rings. The number of sulfonamides is 1. The highest BCUT2D eigenvalue weighted by molar-refractivity contribution is 7.88. The lowest BCUT2D eigenvalue weighted by atomic mass is 9.96. The van der Waals surface area contributed by atoms with Crippen molar-refractivity contribution < 1.29 is 27.1 Å². The third-order valence-corrected chi connectivity index (χ3v) is 7.43. The van der Waals surface area contributed by atoms with Crippen molar-refractivity contribution in [3.05, 3.63) is 65.0 Å². The molecule has 0 atom stereocenters. The number of hydrogen-bond acceptors (Lipinski definition) is 5. The molecular formula is C23H27FN2O5S. The molecule has 7 nitrogen and oxygen atoms in total. The number of halogens is 1. The zero-order chi connectivity index (χ0) is 23.3. The normalized spacial score (nSPS) is 15.3. The fourth-order valence-electron chi connectivity index (χ4n) is 3.74. The fraction of sp³-hybridized carbons (Fsp3) is 0.391. The van der Waals surface area contributed by atoms with Crippen molar-refractivity contribution in [3.8, 4) is 0 Å². The first-order valence-corrected chi connectivity index (χ1v) is 12.1. The van der Waals surface area contributed by atoms with Crippen molar-refractivity contribution in [1.82, 2.24) is 4.31 Å². The maximum absolute atomic E-state index is 13.9. The van der Waals surface area contributed by atoms with Crippen molar-refractivity contribution in [2.75, 3.05) is 25.0 Å². The maximum atomic E-state index is 13.9. The van der Waals surface area contributed by atoms with Gasteiger partial charge in [-0.05, 0) is 50.5 Å². The van der Waals surface area contributed by atoms with Gasteiger partial charge in [0.05, 0.1) is 17.9 Å². The average molecular weight is 463 g/mol. The van der Waals surface area contributed by atoms with Crippen molar-refractivity contribution in [2.45, 2.75) is 32.4 Å². The van der Waals surface area contributed by atoms with Crippen LogP contribution in [0.25, 0.3) is 0 Å². The standard InChI is InChI=1S/C23H27FN2O5S/c1-3-31-23(28)19-8-6-10-21(16(19)2)25-22(27)17-11-13-26(14-12-17)32(29,30)15-18-7-4-5-9-20(18)24/h4-10,17H,3,11-15H2,1-2H3,(H,25,27). The van der Waals surface area contributed by atoms with Gasteiger partial charge in [-0.15, -0.1) is 0 Å². The topological polar surface area (TPSA) is 92.8 Å². The summed E-state index contributed by atoms with van der Waals surface area (Å²) in [5.74, 6) is -1.99. The van der Waals surface area contributed by atoms with Crippen LogP contribution < -0.4 is 5.32 Å². The van der Waals surface area contributed by atoms with Crippen LogP contribution in [0, 0.1) is 18.7 Å². The molecule has 0 aromatic heterocycles. The molecule has 0 aliphatic carbocycles. The number of esters is 1. The highest BCUT2D eigenvalue weighted by Gasteiger charge is 2.32. The van der Waals surface area contributed by atoms with Crippen molar-refractivity contribution in [1.29, 1.82) is 0 Å². The number of carbonyl (C=O) groups excluding carboxylic acids is 2. The van der Waals surface area contributed by atoms with Gasteiger partial charge in [-0.2, -0.15) is 0 Å². The van der Waals surface area contributed by atoms with Crippen LogP contribution in [0.15, 0.2) is 42.5 Å². The van der Waals surface area contributed by atoms with Gasteiger partial charge in [0, 0.05) is 30.3 Å². The Kier molecular flexibility index (Phi) is 7.63. The summed E-state index contributed by atoms with van der Waals surface area (Å²) < 4.78 is 45.6. The van der Waals surface area contributed by atoms with Gasteiger partial charge in [-0.1, -0.05) is 24.3 Å². The Hall–Kier alpha value is -2.78. The van der Waals surface area contributed by atoms with Crippen LogP contribution >= 0.6 is 0 Å². The number of rotatable bonds is 7. The predicted molar refractivity (Wildman–Crippen MR) is 119 cm³/mol. The molecule has 1 fully saturated rings. The Balaban J connectivity index is 1.61. The first-order valence-electron chi connectivity index (χ1n) is 10.5. The lowest BCUT2D eigenvalue weighted by Gasteiger charge is -2.30. The van der Waals surface area contributed by atoms with E-state index in [4.69, 9.17) is 4.74 Å². The molecule has 32 heavy (non-hydrogen) atoms. The van der Waals surface area contributed by atoms with E-state index in [2.05, 4.69) is 5.32 Å². The Morgan fingerprint density at radius 2 is 1.81 bits per heavy atom. The first kappa shape index (κ1) is 23.9. The van der Waals surface area contributed by atoms with Gasteiger partial charge in [-0.3, -0.25) is 4.79 Å². The third-order valence-electron chi connectivity index (χ3n) is 5.60. The van der Waals surface area contributed by atoms with Crippen LogP contribution in [-0.4, -0.2) is 44.3 Å². The van der Waals surface area contributed by atoms with E-state index >= 15 is 0 Å². The zero-order valence-electron chi connectivity index (χ0n) is 18.1. The molecular weight excluding hydrogens is 435 g/mol. The average Bonchev–Trinajstić information content (AvgIpc) is 2.77. The highest BCUT2D eigenvalue weighted by atomic mass is 32.2. The second-order valence-electron chi connectivity index (χ2n) is 7.71. The van der Waals surface area contributed by atoms with Crippen LogP contribution in [0.1, 0.15) is 41.3 Å². The Morgan fingerprint density at radius 3 is 2.47 bits per heavy atom. The SMILES string of the molecule is CCOC(=O)c1cccc(NC(=O)C2CCN(S(=O)(=O)Cc3ccccc3F)CC2)c1C. The van der Waals surface area contributed by atoms with E-state index in [0.29, 0.717) is 29.7 Å². The summed E-state index contributed by atoms with van der Waals surface area (Å²) in [5, 5.41) is 2.85. The van der Waals surface area contributed by atoms with E-state index < -0.39 is 27.6 Å². The smallest absolute Gasteiger partial charge is 0.338 e. The number of hydrogen-bond donors (Lipinski definition) is 1. The molecule has 0 spiro atoms. The van der Waals surface area contributed by atoms with E-state index in [0.717, 1.165) is 0 Å². The van der Waals surface area contributed by atoms with E-state index in [9.17, 15) is 22.4 Å². The molecule has 2 aromatic rings. The Morgan fingerprint density at radius 1 is 1.12 bits per heavy atom. The van der Waals surface area contributed by atoms with Gasteiger partial charge < -0.3 is 10.1 Å². The lowest BCUT2D eigenvalue weighted by Crippen LogP contribution is -2.42. The van der Waals surface area contributed by atoms with E-state index in [1.54, 1.807) is 38.1 Å². The number of nitrogens with one attached hydrogen (secondary N) is 1. The molecule has 1 heterocycles. The minimum atomic E-state index is -3.68. The number of piperidine rings is 1. The van der Waals surface area contributed by atoms with Crippen LogP contribution in [0.5, 0.6) is 0 Å².